The smallest absolute Gasteiger partial charge is 0.130 e. The third kappa shape index (κ3) is 1.84. The summed E-state index contributed by atoms with van der Waals surface area (Å²) >= 11 is 6.49. The first-order chi connectivity index (χ1) is 5.15. The molecular formula is C8H6Br2O. The van der Waals surface area contributed by atoms with E-state index in [0.29, 0.717) is 4.47 Å². The Labute approximate surface area is 82.0 Å². The second-order valence-electron chi connectivity index (χ2n) is 2.03. The quantitative estimate of drug-likeness (QED) is 0.832. The van der Waals surface area contributed by atoms with E-state index in [-0.39, 0.29) is 5.75 Å². The zero-order chi connectivity index (χ0) is 8.43. The van der Waals surface area contributed by atoms with Gasteiger partial charge in [-0.1, -0.05) is 28.6 Å². The molecule has 0 radical (unpaired) electrons. The first kappa shape index (κ1) is 8.81. The van der Waals surface area contributed by atoms with Gasteiger partial charge in [-0.15, -0.1) is 0 Å². The minimum Gasteiger partial charge on any atom is -0.507 e. The van der Waals surface area contributed by atoms with Crippen molar-refractivity contribution in [2.45, 2.75) is 0 Å². The number of aromatic hydroxyl groups is 1. The molecule has 0 amide bonds. The van der Waals surface area contributed by atoms with Crippen molar-refractivity contribution in [2.24, 2.45) is 0 Å². The predicted octanol–water partition coefficient (Wildman–Crippen LogP) is 3.56. The van der Waals surface area contributed by atoms with Crippen molar-refractivity contribution >= 4 is 37.9 Å². The van der Waals surface area contributed by atoms with Gasteiger partial charge in [0.25, 0.3) is 0 Å². The molecule has 3 heteroatoms. The molecule has 0 saturated heterocycles. The SMILES string of the molecule is C=Cc1cc(Br)c(O)cc1Br. The predicted molar refractivity (Wildman–Crippen MR) is 53.6 cm³/mol. The molecular weight excluding hydrogens is 272 g/mol. The molecule has 1 aromatic carbocycles. The van der Waals surface area contributed by atoms with E-state index in [1.165, 1.54) is 0 Å². The van der Waals surface area contributed by atoms with Gasteiger partial charge in [-0.2, -0.15) is 0 Å². The normalized spacial score (nSPS) is 9.64. The summed E-state index contributed by atoms with van der Waals surface area (Å²) in [7, 11) is 0. The second kappa shape index (κ2) is 3.41. The minimum absolute atomic E-state index is 0.225. The molecule has 0 aliphatic rings. The first-order valence-electron chi connectivity index (χ1n) is 2.95. The fraction of sp³-hybridized carbons (Fsp3) is 0. The van der Waals surface area contributed by atoms with E-state index in [9.17, 15) is 5.11 Å². The largest absolute Gasteiger partial charge is 0.507 e. The summed E-state index contributed by atoms with van der Waals surface area (Å²) in [5.74, 6) is 0.225. The Balaban J connectivity index is 3.31. The Bertz CT molecular complexity index is 294. The molecule has 0 aliphatic carbocycles. The lowest BCUT2D eigenvalue weighted by molar-refractivity contribution is 0.471. The van der Waals surface area contributed by atoms with Crippen molar-refractivity contribution in [3.05, 3.63) is 33.2 Å². The Kier molecular flexibility index (Phi) is 2.73. The first-order valence-corrected chi connectivity index (χ1v) is 4.54. The van der Waals surface area contributed by atoms with Crippen LogP contribution in [0, 0.1) is 0 Å². The summed E-state index contributed by atoms with van der Waals surface area (Å²) in [5, 5.41) is 9.21. The molecule has 0 atom stereocenters. The number of benzene rings is 1. The number of hydrogen-bond donors (Lipinski definition) is 1. The van der Waals surface area contributed by atoms with Gasteiger partial charge in [-0.25, -0.2) is 0 Å². The number of rotatable bonds is 1. The topological polar surface area (TPSA) is 20.2 Å². The maximum absolute atomic E-state index is 9.21. The highest BCUT2D eigenvalue weighted by Crippen LogP contribution is 2.30. The number of phenols is 1. The van der Waals surface area contributed by atoms with Gasteiger partial charge in [-0.3, -0.25) is 0 Å². The molecule has 0 bridgehead atoms. The van der Waals surface area contributed by atoms with Crippen LogP contribution < -0.4 is 0 Å². The molecule has 0 spiro atoms. The van der Waals surface area contributed by atoms with Gasteiger partial charge in [0.15, 0.2) is 0 Å². The zero-order valence-electron chi connectivity index (χ0n) is 5.64. The summed E-state index contributed by atoms with van der Waals surface area (Å²) in [5.41, 5.74) is 0.953. The van der Waals surface area contributed by atoms with Crippen LogP contribution in [-0.2, 0) is 0 Å². The maximum Gasteiger partial charge on any atom is 0.130 e. The molecule has 1 rings (SSSR count). The third-order valence-corrected chi connectivity index (χ3v) is 2.61. The highest BCUT2D eigenvalue weighted by atomic mass is 79.9. The summed E-state index contributed by atoms with van der Waals surface area (Å²) in [6, 6.07) is 3.42. The number of halogens is 2. The van der Waals surface area contributed by atoms with E-state index >= 15 is 0 Å². The Morgan fingerprint density at radius 3 is 2.45 bits per heavy atom. The molecule has 58 valence electrons. The van der Waals surface area contributed by atoms with Crippen molar-refractivity contribution < 1.29 is 5.11 Å². The van der Waals surface area contributed by atoms with Crippen LogP contribution in [0.3, 0.4) is 0 Å². The van der Waals surface area contributed by atoms with Crippen LogP contribution in [-0.4, -0.2) is 5.11 Å². The van der Waals surface area contributed by atoms with Crippen molar-refractivity contribution in [3.8, 4) is 5.75 Å². The van der Waals surface area contributed by atoms with Gasteiger partial charge >= 0.3 is 0 Å². The van der Waals surface area contributed by atoms with Crippen molar-refractivity contribution in [1.29, 1.82) is 0 Å². The Morgan fingerprint density at radius 2 is 1.91 bits per heavy atom. The monoisotopic (exact) mass is 276 g/mol. The van der Waals surface area contributed by atoms with Crippen LogP contribution >= 0.6 is 31.9 Å². The third-order valence-electron chi connectivity index (χ3n) is 1.29. The van der Waals surface area contributed by atoms with Gasteiger partial charge in [0.2, 0.25) is 0 Å². The summed E-state index contributed by atoms with van der Waals surface area (Å²) < 4.78 is 1.52. The lowest BCUT2D eigenvalue weighted by Gasteiger charge is -2.01. The summed E-state index contributed by atoms with van der Waals surface area (Å²) in [4.78, 5) is 0. The van der Waals surface area contributed by atoms with E-state index in [1.807, 2.05) is 0 Å². The second-order valence-corrected chi connectivity index (χ2v) is 3.74. The van der Waals surface area contributed by atoms with Crippen LogP contribution in [0.2, 0.25) is 0 Å². The molecule has 0 heterocycles. The van der Waals surface area contributed by atoms with Gasteiger partial charge in [0.05, 0.1) is 4.47 Å². The average molecular weight is 278 g/mol. The van der Waals surface area contributed by atoms with Crippen LogP contribution in [0.25, 0.3) is 6.08 Å². The fourth-order valence-electron chi connectivity index (χ4n) is 0.708. The fourth-order valence-corrected chi connectivity index (χ4v) is 1.56. The van der Waals surface area contributed by atoms with Crippen LogP contribution in [0.4, 0.5) is 0 Å². The van der Waals surface area contributed by atoms with E-state index in [1.54, 1.807) is 18.2 Å². The summed E-state index contributed by atoms with van der Waals surface area (Å²) in [6.45, 7) is 3.63. The molecule has 0 unspecified atom stereocenters. The van der Waals surface area contributed by atoms with Crippen molar-refractivity contribution in [1.82, 2.24) is 0 Å². The van der Waals surface area contributed by atoms with E-state index in [4.69, 9.17) is 0 Å². The minimum atomic E-state index is 0.225. The van der Waals surface area contributed by atoms with E-state index in [0.717, 1.165) is 10.0 Å². The van der Waals surface area contributed by atoms with Crippen molar-refractivity contribution in [2.75, 3.05) is 0 Å². The molecule has 11 heavy (non-hydrogen) atoms. The van der Waals surface area contributed by atoms with E-state index in [2.05, 4.69) is 38.4 Å². The van der Waals surface area contributed by atoms with Gasteiger partial charge < -0.3 is 5.11 Å². The molecule has 1 nitrogen and oxygen atoms in total. The zero-order valence-corrected chi connectivity index (χ0v) is 8.81. The van der Waals surface area contributed by atoms with Gasteiger partial charge in [0.1, 0.15) is 5.75 Å². The number of hydrogen-bond acceptors (Lipinski definition) is 1. The average Bonchev–Trinajstić information content (AvgIpc) is 1.97. The van der Waals surface area contributed by atoms with Crippen LogP contribution in [0.5, 0.6) is 5.75 Å². The molecule has 0 aromatic heterocycles. The maximum atomic E-state index is 9.21. The van der Waals surface area contributed by atoms with Crippen LogP contribution in [0.1, 0.15) is 5.56 Å². The standard InChI is InChI=1S/C8H6Br2O/c1-2-5-3-7(10)8(11)4-6(5)9/h2-4,11H,1H2. The van der Waals surface area contributed by atoms with Crippen molar-refractivity contribution in [3.63, 3.8) is 0 Å². The van der Waals surface area contributed by atoms with Crippen LogP contribution in [0.15, 0.2) is 27.7 Å². The molecule has 0 saturated carbocycles. The summed E-state index contributed by atoms with van der Waals surface area (Å²) in [6.07, 6.45) is 1.72. The highest BCUT2D eigenvalue weighted by molar-refractivity contribution is 9.11. The lowest BCUT2D eigenvalue weighted by atomic mass is 10.2. The molecule has 1 N–H and O–H groups in total. The molecule has 0 fully saturated rings. The van der Waals surface area contributed by atoms with Gasteiger partial charge in [0, 0.05) is 4.47 Å². The number of phenolic OH excluding ortho intramolecular Hbond substituents is 1. The molecule has 0 aliphatic heterocycles. The molecule has 1 aromatic rings. The lowest BCUT2D eigenvalue weighted by Crippen LogP contribution is -1.76. The van der Waals surface area contributed by atoms with E-state index < -0.39 is 0 Å². The Morgan fingerprint density at radius 1 is 1.27 bits per heavy atom. The van der Waals surface area contributed by atoms with Gasteiger partial charge in [-0.05, 0) is 33.6 Å². The highest BCUT2D eigenvalue weighted by Gasteiger charge is 2.01. The Hall–Kier alpha value is -0.280.